The topological polar surface area (TPSA) is 35.8 Å². The normalized spacial score (nSPS) is 20.4. The SMILES string of the molecule is Cc1cc(C#N)ccc1CNC1C(C)(C)C1(C)C. The van der Waals surface area contributed by atoms with Crippen LogP contribution in [0.4, 0.5) is 0 Å². The summed E-state index contributed by atoms with van der Waals surface area (Å²) in [4.78, 5) is 0. The smallest absolute Gasteiger partial charge is 0.0991 e. The van der Waals surface area contributed by atoms with Crippen LogP contribution in [0.5, 0.6) is 0 Å². The molecule has 0 amide bonds. The van der Waals surface area contributed by atoms with Gasteiger partial charge in [0.2, 0.25) is 0 Å². The van der Waals surface area contributed by atoms with E-state index < -0.39 is 0 Å². The Labute approximate surface area is 110 Å². The lowest BCUT2D eigenvalue weighted by Gasteiger charge is -2.09. The summed E-state index contributed by atoms with van der Waals surface area (Å²) in [5.41, 5.74) is 3.95. The molecule has 2 nitrogen and oxygen atoms in total. The molecular weight excluding hydrogens is 220 g/mol. The second-order valence-electron chi connectivity index (χ2n) is 6.51. The number of aryl methyl sites for hydroxylation is 1. The van der Waals surface area contributed by atoms with Gasteiger partial charge in [-0.3, -0.25) is 0 Å². The molecule has 2 heteroatoms. The van der Waals surface area contributed by atoms with Gasteiger partial charge < -0.3 is 5.32 Å². The number of rotatable bonds is 3. The highest BCUT2D eigenvalue weighted by atomic mass is 15.0. The van der Waals surface area contributed by atoms with Crippen molar-refractivity contribution in [2.24, 2.45) is 10.8 Å². The van der Waals surface area contributed by atoms with E-state index in [0.29, 0.717) is 16.9 Å². The van der Waals surface area contributed by atoms with Crippen LogP contribution in [-0.2, 0) is 6.54 Å². The van der Waals surface area contributed by atoms with E-state index in [4.69, 9.17) is 5.26 Å². The number of nitrogens with one attached hydrogen (secondary N) is 1. The monoisotopic (exact) mass is 242 g/mol. The fourth-order valence-corrected chi connectivity index (χ4v) is 2.88. The zero-order valence-corrected chi connectivity index (χ0v) is 12.0. The lowest BCUT2D eigenvalue weighted by Crippen LogP contribution is -2.22. The lowest BCUT2D eigenvalue weighted by atomic mass is 10.0. The van der Waals surface area contributed by atoms with Crippen LogP contribution in [0.2, 0.25) is 0 Å². The molecule has 0 saturated heterocycles. The average molecular weight is 242 g/mol. The van der Waals surface area contributed by atoms with Crippen molar-refractivity contribution < 1.29 is 0 Å². The number of hydrogen-bond acceptors (Lipinski definition) is 2. The molecule has 1 N–H and O–H groups in total. The van der Waals surface area contributed by atoms with E-state index in [9.17, 15) is 0 Å². The van der Waals surface area contributed by atoms with Gasteiger partial charge in [-0.2, -0.15) is 5.26 Å². The van der Waals surface area contributed by atoms with E-state index in [1.165, 1.54) is 11.1 Å². The Morgan fingerprint density at radius 1 is 1.22 bits per heavy atom. The zero-order chi connectivity index (χ0) is 13.6. The van der Waals surface area contributed by atoms with E-state index in [1.54, 1.807) is 0 Å². The van der Waals surface area contributed by atoms with Gasteiger partial charge in [-0.15, -0.1) is 0 Å². The molecule has 0 aliphatic heterocycles. The maximum Gasteiger partial charge on any atom is 0.0991 e. The lowest BCUT2D eigenvalue weighted by molar-refractivity contribution is 0.457. The number of benzene rings is 1. The highest BCUT2D eigenvalue weighted by Crippen LogP contribution is 2.62. The Balaban J connectivity index is 2.03. The summed E-state index contributed by atoms with van der Waals surface area (Å²) in [6.07, 6.45) is 0. The van der Waals surface area contributed by atoms with Gasteiger partial charge in [0.15, 0.2) is 0 Å². The Morgan fingerprint density at radius 2 is 1.83 bits per heavy atom. The standard InChI is InChI=1S/C16H22N2/c1-11-8-12(9-17)6-7-13(11)10-18-14-15(2,3)16(14,4)5/h6-8,14,18H,10H2,1-5H3. The predicted molar refractivity (Wildman–Crippen MR) is 74.1 cm³/mol. The van der Waals surface area contributed by atoms with E-state index in [-0.39, 0.29) is 0 Å². The molecule has 18 heavy (non-hydrogen) atoms. The van der Waals surface area contributed by atoms with E-state index in [0.717, 1.165) is 12.1 Å². The van der Waals surface area contributed by atoms with Crippen molar-refractivity contribution in [3.8, 4) is 6.07 Å². The van der Waals surface area contributed by atoms with Crippen molar-refractivity contribution in [1.29, 1.82) is 5.26 Å². The Morgan fingerprint density at radius 3 is 2.28 bits per heavy atom. The van der Waals surface area contributed by atoms with Gasteiger partial charge in [0.25, 0.3) is 0 Å². The summed E-state index contributed by atoms with van der Waals surface area (Å²) >= 11 is 0. The number of nitrogens with zero attached hydrogens (tertiary/aromatic N) is 1. The van der Waals surface area contributed by atoms with Gasteiger partial charge in [-0.05, 0) is 41.0 Å². The molecule has 0 atom stereocenters. The molecule has 2 rings (SSSR count). The van der Waals surface area contributed by atoms with Crippen LogP contribution in [0.1, 0.15) is 44.4 Å². The molecule has 0 unspecified atom stereocenters. The van der Waals surface area contributed by atoms with Crippen LogP contribution < -0.4 is 5.32 Å². The average Bonchev–Trinajstić information content (AvgIpc) is 2.68. The molecule has 0 spiro atoms. The highest BCUT2D eigenvalue weighted by Gasteiger charge is 2.64. The quantitative estimate of drug-likeness (QED) is 0.882. The van der Waals surface area contributed by atoms with Crippen LogP contribution in [0.3, 0.4) is 0 Å². The highest BCUT2D eigenvalue weighted by molar-refractivity contribution is 5.37. The minimum Gasteiger partial charge on any atom is -0.309 e. The number of hydrogen-bond donors (Lipinski definition) is 1. The Hall–Kier alpha value is -1.33. The second kappa shape index (κ2) is 4.10. The summed E-state index contributed by atoms with van der Waals surface area (Å²) in [5.74, 6) is 0. The first-order valence-electron chi connectivity index (χ1n) is 6.53. The molecule has 0 radical (unpaired) electrons. The summed E-state index contributed by atoms with van der Waals surface area (Å²) in [7, 11) is 0. The van der Waals surface area contributed by atoms with Crippen molar-refractivity contribution in [3.05, 3.63) is 34.9 Å². The fourth-order valence-electron chi connectivity index (χ4n) is 2.88. The van der Waals surface area contributed by atoms with Crippen molar-refractivity contribution in [3.63, 3.8) is 0 Å². The summed E-state index contributed by atoms with van der Waals surface area (Å²) in [5, 5.41) is 12.5. The van der Waals surface area contributed by atoms with Gasteiger partial charge in [0, 0.05) is 12.6 Å². The van der Waals surface area contributed by atoms with Crippen molar-refractivity contribution in [2.45, 2.75) is 47.2 Å². The molecule has 1 saturated carbocycles. The van der Waals surface area contributed by atoms with Gasteiger partial charge >= 0.3 is 0 Å². The molecule has 1 aliphatic rings. The minimum absolute atomic E-state index is 0.369. The Bertz CT molecular complexity index is 492. The van der Waals surface area contributed by atoms with Gasteiger partial charge in [-0.1, -0.05) is 33.8 Å². The van der Waals surface area contributed by atoms with Crippen LogP contribution in [0.25, 0.3) is 0 Å². The third kappa shape index (κ3) is 1.93. The maximum atomic E-state index is 8.85. The predicted octanol–water partition coefficient (Wildman–Crippen LogP) is 3.39. The minimum atomic E-state index is 0.369. The largest absolute Gasteiger partial charge is 0.309 e. The molecule has 1 aromatic rings. The second-order valence-corrected chi connectivity index (χ2v) is 6.51. The summed E-state index contributed by atoms with van der Waals surface area (Å²) in [6.45, 7) is 12.2. The molecule has 0 bridgehead atoms. The number of nitriles is 1. The van der Waals surface area contributed by atoms with Gasteiger partial charge in [0.05, 0.1) is 11.6 Å². The summed E-state index contributed by atoms with van der Waals surface area (Å²) < 4.78 is 0. The van der Waals surface area contributed by atoms with Crippen LogP contribution in [0, 0.1) is 29.1 Å². The van der Waals surface area contributed by atoms with E-state index >= 15 is 0 Å². The van der Waals surface area contributed by atoms with Crippen molar-refractivity contribution in [2.75, 3.05) is 0 Å². The van der Waals surface area contributed by atoms with Crippen LogP contribution in [-0.4, -0.2) is 6.04 Å². The van der Waals surface area contributed by atoms with Crippen LogP contribution in [0.15, 0.2) is 18.2 Å². The first-order valence-corrected chi connectivity index (χ1v) is 6.53. The fraction of sp³-hybridized carbons (Fsp3) is 0.562. The zero-order valence-electron chi connectivity index (χ0n) is 12.0. The van der Waals surface area contributed by atoms with Gasteiger partial charge in [-0.25, -0.2) is 0 Å². The molecular formula is C16H22N2. The van der Waals surface area contributed by atoms with Gasteiger partial charge in [0.1, 0.15) is 0 Å². The maximum absolute atomic E-state index is 8.85. The molecule has 1 aliphatic carbocycles. The van der Waals surface area contributed by atoms with Crippen molar-refractivity contribution in [1.82, 2.24) is 5.32 Å². The molecule has 1 aromatic carbocycles. The first kappa shape index (κ1) is 13.1. The summed E-state index contributed by atoms with van der Waals surface area (Å²) in [6, 6.07) is 8.66. The molecule has 0 aromatic heterocycles. The van der Waals surface area contributed by atoms with Crippen LogP contribution >= 0.6 is 0 Å². The third-order valence-electron chi connectivity index (χ3n) is 4.99. The third-order valence-corrected chi connectivity index (χ3v) is 4.99. The Kier molecular flexibility index (Phi) is 2.99. The van der Waals surface area contributed by atoms with Crippen molar-refractivity contribution >= 4 is 0 Å². The first-order chi connectivity index (χ1) is 8.30. The molecule has 1 fully saturated rings. The molecule has 0 heterocycles. The van der Waals surface area contributed by atoms with E-state index in [1.807, 2.05) is 12.1 Å². The molecule has 96 valence electrons. The van der Waals surface area contributed by atoms with E-state index in [2.05, 4.69) is 52.1 Å².